The van der Waals surface area contributed by atoms with Crippen LogP contribution in [0.5, 0.6) is 11.5 Å². The predicted molar refractivity (Wildman–Crippen MR) is 137 cm³/mol. The second kappa shape index (κ2) is 14.4. The van der Waals surface area contributed by atoms with Crippen molar-refractivity contribution in [2.45, 2.75) is 39.5 Å². The molecule has 0 spiro atoms. The maximum Gasteiger partial charge on any atom is 0.223 e. The Morgan fingerprint density at radius 1 is 1.16 bits per heavy atom. The van der Waals surface area contributed by atoms with Crippen LogP contribution in [0.4, 0.5) is 5.69 Å². The molecule has 0 aromatic heterocycles. The number of halogens is 1. The number of fused-ring (bicyclic) bond motifs is 1. The molecule has 1 heterocycles. The maximum atomic E-state index is 11.8. The third-order valence-corrected chi connectivity index (χ3v) is 4.84. The lowest BCUT2D eigenvalue weighted by atomic mass is 10.2. The molecule has 0 bridgehead atoms. The number of guanidine groups is 1. The number of ether oxygens (including phenoxy) is 3. The van der Waals surface area contributed by atoms with Crippen molar-refractivity contribution in [3.8, 4) is 11.5 Å². The second-order valence-corrected chi connectivity index (χ2v) is 8.38. The summed E-state index contributed by atoms with van der Waals surface area (Å²) in [6.07, 6.45) is 3.74. The summed E-state index contributed by atoms with van der Waals surface area (Å²) in [5, 5.41) is 9.59. The fraction of sp³-hybridized carbons (Fsp3) is 0.652. The lowest BCUT2D eigenvalue weighted by molar-refractivity contribution is -0.122. The molecule has 0 radical (unpaired) electrons. The van der Waals surface area contributed by atoms with Gasteiger partial charge in [0.05, 0.1) is 13.2 Å². The van der Waals surface area contributed by atoms with Gasteiger partial charge in [0.1, 0.15) is 0 Å². The highest BCUT2D eigenvalue weighted by atomic mass is 127. The fourth-order valence-corrected chi connectivity index (χ4v) is 3.05. The van der Waals surface area contributed by atoms with Crippen LogP contribution >= 0.6 is 24.0 Å². The van der Waals surface area contributed by atoms with Gasteiger partial charge in [-0.25, -0.2) is 0 Å². The average Bonchev–Trinajstić information content (AvgIpc) is 3.60. The van der Waals surface area contributed by atoms with E-state index in [0.717, 1.165) is 49.5 Å². The lowest BCUT2D eigenvalue weighted by Gasteiger charge is -2.15. The molecule has 9 heteroatoms. The number of benzene rings is 1. The van der Waals surface area contributed by atoms with Crippen molar-refractivity contribution in [2.24, 2.45) is 16.8 Å². The van der Waals surface area contributed by atoms with Crippen molar-refractivity contribution in [2.75, 3.05) is 51.4 Å². The molecule has 2 aliphatic rings. The molecule has 8 nitrogen and oxygen atoms in total. The van der Waals surface area contributed by atoms with Crippen LogP contribution < -0.4 is 25.4 Å². The summed E-state index contributed by atoms with van der Waals surface area (Å²) in [6, 6.07) is 5.79. The minimum Gasteiger partial charge on any atom is -0.490 e. The van der Waals surface area contributed by atoms with E-state index in [1.807, 2.05) is 18.2 Å². The standard InChI is InChI=1S/C23H36N4O4.HI/c1-17(2)16-29-12-3-9-25-23(26-11-10-24-22(28)18-5-6-18)27-19-7-8-20-21(15-19)31-14-4-13-30-20;/h7-8,15,17-18H,3-6,9-14,16H2,1-2H3,(H,24,28)(H2,25,26,27);1H. The topological polar surface area (TPSA) is 93.2 Å². The van der Waals surface area contributed by atoms with E-state index in [9.17, 15) is 4.79 Å². The monoisotopic (exact) mass is 560 g/mol. The Hall–Kier alpha value is -1.75. The number of carbonyl (C=O) groups excluding carboxylic acids is 1. The third-order valence-electron chi connectivity index (χ3n) is 4.84. The van der Waals surface area contributed by atoms with Gasteiger partial charge in [0, 0.05) is 56.9 Å². The molecule has 1 aromatic rings. The van der Waals surface area contributed by atoms with Crippen LogP contribution in [-0.4, -0.2) is 57.9 Å². The quantitative estimate of drug-likeness (QED) is 0.166. The van der Waals surface area contributed by atoms with Crippen LogP contribution in [0.1, 0.15) is 39.5 Å². The molecule has 0 atom stereocenters. The number of carbonyl (C=O) groups is 1. The number of amides is 1. The van der Waals surface area contributed by atoms with E-state index in [-0.39, 0.29) is 35.8 Å². The molecule has 1 saturated carbocycles. The number of anilines is 1. The van der Waals surface area contributed by atoms with Crippen molar-refractivity contribution < 1.29 is 19.0 Å². The largest absolute Gasteiger partial charge is 0.490 e. The summed E-state index contributed by atoms with van der Waals surface area (Å²) < 4.78 is 17.1. The fourth-order valence-electron chi connectivity index (χ4n) is 3.05. The number of rotatable bonds is 11. The van der Waals surface area contributed by atoms with E-state index in [1.54, 1.807) is 0 Å². The van der Waals surface area contributed by atoms with Crippen LogP contribution in [-0.2, 0) is 9.53 Å². The van der Waals surface area contributed by atoms with Gasteiger partial charge in [-0.2, -0.15) is 0 Å². The first-order valence-corrected chi connectivity index (χ1v) is 11.4. The first kappa shape index (κ1) is 26.5. The van der Waals surface area contributed by atoms with Crippen LogP contribution in [0.25, 0.3) is 0 Å². The van der Waals surface area contributed by atoms with E-state index in [1.165, 1.54) is 0 Å². The molecule has 1 fully saturated rings. The van der Waals surface area contributed by atoms with Gasteiger partial charge in [0.15, 0.2) is 17.5 Å². The zero-order valence-corrected chi connectivity index (χ0v) is 21.5. The van der Waals surface area contributed by atoms with Crippen LogP contribution in [0, 0.1) is 11.8 Å². The summed E-state index contributed by atoms with van der Waals surface area (Å²) in [4.78, 5) is 16.5. The molecule has 0 saturated heterocycles. The van der Waals surface area contributed by atoms with Gasteiger partial charge in [-0.1, -0.05) is 13.8 Å². The molecular weight excluding hydrogens is 523 g/mol. The molecule has 3 N–H and O–H groups in total. The Labute approximate surface area is 208 Å². The van der Waals surface area contributed by atoms with Crippen molar-refractivity contribution in [3.63, 3.8) is 0 Å². The maximum absolute atomic E-state index is 11.8. The first-order valence-electron chi connectivity index (χ1n) is 11.4. The lowest BCUT2D eigenvalue weighted by Crippen LogP contribution is -2.38. The Kier molecular flexibility index (Phi) is 11.9. The number of nitrogens with zero attached hydrogens (tertiary/aromatic N) is 1. The van der Waals surface area contributed by atoms with Crippen LogP contribution in [0.15, 0.2) is 23.2 Å². The molecular formula is C23H37IN4O4. The number of nitrogens with one attached hydrogen (secondary N) is 3. The minimum atomic E-state index is 0. The van der Waals surface area contributed by atoms with Gasteiger partial charge in [-0.3, -0.25) is 9.79 Å². The average molecular weight is 560 g/mol. The molecule has 1 aromatic carbocycles. The van der Waals surface area contributed by atoms with Gasteiger partial charge in [-0.05, 0) is 37.3 Å². The zero-order valence-electron chi connectivity index (χ0n) is 19.2. The molecule has 1 amide bonds. The Morgan fingerprint density at radius 2 is 1.91 bits per heavy atom. The highest BCUT2D eigenvalue weighted by Gasteiger charge is 2.28. The molecule has 32 heavy (non-hydrogen) atoms. The summed E-state index contributed by atoms with van der Waals surface area (Å²) in [6.45, 7) is 8.86. The Morgan fingerprint density at radius 3 is 2.66 bits per heavy atom. The van der Waals surface area contributed by atoms with Crippen LogP contribution in [0.3, 0.4) is 0 Å². The van der Waals surface area contributed by atoms with Gasteiger partial charge >= 0.3 is 0 Å². The Bertz CT molecular complexity index is 741. The molecule has 1 aliphatic carbocycles. The normalized spacial score (nSPS) is 15.5. The minimum absolute atomic E-state index is 0. The predicted octanol–water partition coefficient (Wildman–Crippen LogP) is 3.41. The van der Waals surface area contributed by atoms with Crippen molar-refractivity contribution in [1.29, 1.82) is 0 Å². The molecule has 180 valence electrons. The van der Waals surface area contributed by atoms with E-state index in [0.29, 0.717) is 51.3 Å². The van der Waals surface area contributed by atoms with E-state index in [2.05, 4.69) is 34.8 Å². The zero-order chi connectivity index (χ0) is 21.9. The third kappa shape index (κ3) is 9.81. The first-order chi connectivity index (χ1) is 15.1. The summed E-state index contributed by atoms with van der Waals surface area (Å²) in [5.41, 5.74) is 0.869. The van der Waals surface area contributed by atoms with Crippen molar-refractivity contribution in [1.82, 2.24) is 10.6 Å². The molecule has 1 aliphatic heterocycles. The smallest absolute Gasteiger partial charge is 0.223 e. The summed E-state index contributed by atoms with van der Waals surface area (Å²) in [5.74, 6) is 3.07. The summed E-state index contributed by atoms with van der Waals surface area (Å²) >= 11 is 0. The highest BCUT2D eigenvalue weighted by molar-refractivity contribution is 14.0. The summed E-state index contributed by atoms with van der Waals surface area (Å²) in [7, 11) is 0. The van der Waals surface area contributed by atoms with E-state index >= 15 is 0 Å². The van der Waals surface area contributed by atoms with Crippen molar-refractivity contribution in [3.05, 3.63) is 18.2 Å². The van der Waals surface area contributed by atoms with Gasteiger partial charge in [-0.15, -0.1) is 24.0 Å². The molecule has 0 unspecified atom stereocenters. The highest BCUT2D eigenvalue weighted by Crippen LogP contribution is 2.32. The van der Waals surface area contributed by atoms with E-state index in [4.69, 9.17) is 14.2 Å². The number of hydrogen-bond donors (Lipinski definition) is 3. The molecule has 3 rings (SSSR count). The Balaban J connectivity index is 0.00000363. The van der Waals surface area contributed by atoms with E-state index < -0.39 is 0 Å². The van der Waals surface area contributed by atoms with Gasteiger partial charge in [0.2, 0.25) is 5.91 Å². The number of hydrogen-bond acceptors (Lipinski definition) is 5. The van der Waals surface area contributed by atoms with Gasteiger partial charge in [0.25, 0.3) is 0 Å². The second-order valence-electron chi connectivity index (χ2n) is 8.38. The van der Waals surface area contributed by atoms with Gasteiger partial charge < -0.3 is 30.2 Å². The number of aliphatic imine (C=N–C) groups is 1. The SMILES string of the molecule is CC(C)COCCCN=C(NCCNC(=O)C1CC1)Nc1ccc2c(c1)OCCCO2.I. The van der Waals surface area contributed by atoms with Crippen molar-refractivity contribution >= 4 is 41.5 Å². The van der Waals surface area contributed by atoms with Crippen LogP contribution in [0.2, 0.25) is 0 Å².